The maximum Gasteiger partial charge on any atom is 0.325 e. The number of aryl methyl sites for hydroxylation is 4. The molecule has 0 aliphatic rings. The van der Waals surface area contributed by atoms with Gasteiger partial charge in [-0.05, 0) is 84.9 Å². The van der Waals surface area contributed by atoms with Crippen LogP contribution in [0.1, 0.15) is 54.9 Å². The van der Waals surface area contributed by atoms with E-state index in [1.165, 1.54) is 12.2 Å². The second-order valence-corrected chi connectivity index (χ2v) is 11.0. The fourth-order valence-electron chi connectivity index (χ4n) is 3.95. The van der Waals surface area contributed by atoms with E-state index in [1.807, 2.05) is 78.9 Å². The normalized spacial score (nSPS) is 11.3. The Bertz CT molecular complexity index is 1710. The van der Waals surface area contributed by atoms with Gasteiger partial charge in [0.2, 0.25) is 5.91 Å². The molecule has 4 aromatic heterocycles. The molecule has 0 saturated heterocycles. The van der Waals surface area contributed by atoms with E-state index in [1.54, 1.807) is 45.6 Å². The van der Waals surface area contributed by atoms with E-state index in [2.05, 4.69) is 25.3 Å². The molecule has 45 heavy (non-hydrogen) atoms. The van der Waals surface area contributed by atoms with Crippen molar-refractivity contribution in [3.05, 3.63) is 95.6 Å². The summed E-state index contributed by atoms with van der Waals surface area (Å²) in [6, 6.07) is 7.50. The third kappa shape index (κ3) is 11.0. The molecule has 0 aliphatic heterocycles. The molecule has 0 bridgehead atoms. The van der Waals surface area contributed by atoms with Crippen LogP contribution in [-0.4, -0.2) is 59.0 Å². The second-order valence-electron chi connectivity index (χ2n) is 11.0. The number of nitrogens with zero attached hydrogens (tertiary/aromatic N) is 6. The number of nitrogens with one attached hydrogen (secondary N) is 2. The average molecular weight is 614 g/mol. The van der Waals surface area contributed by atoms with Gasteiger partial charge in [0, 0.05) is 24.5 Å². The van der Waals surface area contributed by atoms with Crippen LogP contribution in [0, 0.1) is 27.7 Å². The van der Waals surface area contributed by atoms with E-state index >= 15 is 0 Å². The SMILES string of the molecule is Cc1cn(-c2ccc(/C=C/C(=O)NCC(=O)OC(C)(C)C)nc2C)cn1.Cc1cn(-c2ccc(/C=C/C(=O)NN)nc2C)cn1. The first-order valence-corrected chi connectivity index (χ1v) is 14.1. The van der Waals surface area contributed by atoms with Crippen molar-refractivity contribution >= 4 is 29.9 Å². The van der Waals surface area contributed by atoms with Gasteiger partial charge in [0.05, 0.1) is 58.2 Å². The van der Waals surface area contributed by atoms with Gasteiger partial charge in [0.15, 0.2) is 0 Å². The lowest BCUT2D eigenvalue weighted by Crippen LogP contribution is -2.33. The quantitative estimate of drug-likeness (QED) is 0.0887. The highest BCUT2D eigenvalue weighted by atomic mass is 16.6. The lowest BCUT2D eigenvalue weighted by molar-refractivity contribution is -0.154. The zero-order chi connectivity index (χ0) is 33.1. The molecule has 4 heterocycles. The van der Waals surface area contributed by atoms with E-state index < -0.39 is 11.6 Å². The predicted octanol–water partition coefficient (Wildman–Crippen LogP) is 3.24. The summed E-state index contributed by atoms with van der Waals surface area (Å²) >= 11 is 0. The van der Waals surface area contributed by atoms with Gasteiger partial charge in [-0.1, -0.05) is 0 Å². The Kier molecular flexibility index (Phi) is 11.6. The fraction of sp³-hybridized carbons (Fsp3) is 0.281. The summed E-state index contributed by atoms with van der Waals surface area (Å²) in [7, 11) is 0. The van der Waals surface area contributed by atoms with E-state index in [4.69, 9.17) is 10.6 Å². The number of imidazole rings is 2. The number of esters is 1. The molecule has 4 rings (SSSR count). The molecule has 0 aliphatic carbocycles. The molecule has 4 N–H and O–H groups in total. The Hall–Kier alpha value is -5.43. The summed E-state index contributed by atoms with van der Waals surface area (Å²) in [5.74, 6) is 3.76. The van der Waals surface area contributed by atoms with Crippen LogP contribution in [0.15, 0.2) is 61.5 Å². The van der Waals surface area contributed by atoms with Crippen LogP contribution in [0.4, 0.5) is 0 Å². The van der Waals surface area contributed by atoms with Crippen molar-refractivity contribution < 1.29 is 19.1 Å². The first-order chi connectivity index (χ1) is 21.2. The van der Waals surface area contributed by atoms with E-state index in [0.29, 0.717) is 11.4 Å². The highest BCUT2D eigenvalue weighted by Crippen LogP contribution is 2.15. The monoisotopic (exact) mass is 613 g/mol. The van der Waals surface area contributed by atoms with Crippen LogP contribution < -0.4 is 16.6 Å². The van der Waals surface area contributed by atoms with Crippen molar-refractivity contribution in [3.8, 4) is 11.4 Å². The summed E-state index contributed by atoms with van der Waals surface area (Å²) in [6.45, 7) is 12.8. The molecule has 236 valence electrons. The number of rotatable bonds is 8. The average Bonchev–Trinajstić information content (AvgIpc) is 3.61. The van der Waals surface area contributed by atoms with Crippen LogP contribution in [0.5, 0.6) is 0 Å². The zero-order valence-electron chi connectivity index (χ0n) is 26.5. The van der Waals surface area contributed by atoms with Crippen molar-refractivity contribution in [2.75, 3.05) is 6.54 Å². The van der Waals surface area contributed by atoms with Gasteiger partial charge in [-0.25, -0.2) is 15.8 Å². The summed E-state index contributed by atoms with van der Waals surface area (Å²) in [6.07, 6.45) is 13.2. The van der Waals surface area contributed by atoms with Crippen LogP contribution in [0.3, 0.4) is 0 Å². The Morgan fingerprint density at radius 1 is 0.800 bits per heavy atom. The number of hydrogen-bond donors (Lipinski definition) is 3. The molecule has 0 unspecified atom stereocenters. The summed E-state index contributed by atoms with van der Waals surface area (Å²) in [5, 5.41) is 2.49. The van der Waals surface area contributed by atoms with Gasteiger partial charge < -0.3 is 19.2 Å². The zero-order valence-corrected chi connectivity index (χ0v) is 26.5. The summed E-state index contributed by atoms with van der Waals surface area (Å²) in [4.78, 5) is 51.7. The molecular weight excluding hydrogens is 574 g/mol. The van der Waals surface area contributed by atoms with Gasteiger partial charge in [-0.2, -0.15) is 0 Å². The smallest absolute Gasteiger partial charge is 0.325 e. The topological polar surface area (TPSA) is 172 Å². The lowest BCUT2D eigenvalue weighted by Gasteiger charge is -2.19. The summed E-state index contributed by atoms with van der Waals surface area (Å²) in [5.41, 5.74) is 8.23. The molecule has 0 fully saturated rings. The van der Waals surface area contributed by atoms with E-state index in [-0.39, 0.29) is 18.4 Å². The van der Waals surface area contributed by atoms with Crippen molar-refractivity contribution in [2.24, 2.45) is 5.84 Å². The molecule has 0 aromatic carbocycles. The molecule has 0 radical (unpaired) electrons. The fourth-order valence-corrected chi connectivity index (χ4v) is 3.95. The van der Waals surface area contributed by atoms with Crippen LogP contribution in [0.25, 0.3) is 23.5 Å². The van der Waals surface area contributed by atoms with Crippen molar-refractivity contribution in [1.82, 2.24) is 39.8 Å². The van der Waals surface area contributed by atoms with Crippen LogP contribution >= 0.6 is 0 Å². The Morgan fingerprint density at radius 2 is 1.27 bits per heavy atom. The first kappa shape index (κ1) is 34.1. The number of nitrogens with two attached hydrogens (primary N) is 1. The molecule has 2 amide bonds. The standard InChI is InChI=1S/C19H24N4O3.C13H15N5O/c1-13-11-23(12-21-13)16-8-6-15(22-14(16)2)7-9-17(24)20-10-18(25)26-19(3,4)5;1-9-7-18(8-15-9)12-5-3-11(16-10(12)2)4-6-13(19)17-14/h6-9,11-12H,10H2,1-5H3,(H,20,24);3-8H,14H2,1-2H3,(H,17,19)/b9-7+;6-4+. The van der Waals surface area contributed by atoms with E-state index in [9.17, 15) is 14.4 Å². The third-order valence-electron chi connectivity index (χ3n) is 5.92. The number of carbonyl (C=O) groups is 3. The first-order valence-electron chi connectivity index (χ1n) is 14.1. The molecule has 0 atom stereocenters. The van der Waals surface area contributed by atoms with Crippen LogP contribution in [0.2, 0.25) is 0 Å². The minimum Gasteiger partial charge on any atom is -0.459 e. The largest absolute Gasteiger partial charge is 0.459 e. The van der Waals surface area contributed by atoms with Gasteiger partial charge in [-0.15, -0.1) is 0 Å². The number of amides is 2. The molecule has 13 nitrogen and oxygen atoms in total. The molecule has 4 aromatic rings. The number of carbonyl (C=O) groups excluding carboxylic acids is 3. The minimum absolute atomic E-state index is 0.175. The number of aromatic nitrogens is 6. The molecule has 0 saturated carbocycles. The van der Waals surface area contributed by atoms with E-state index in [0.717, 1.165) is 34.2 Å². The van der Waals surface area contributed by atoms with Gasteiger partial charge in [-0.3, -0.25) is 29.8 Å². The lowest BCUT2D eigenvalue weighted by atomic mass is 10.2. The highest BCUT2D eigenvalue weighted by Gasteiger charge is 2.16. The number of ether oxygens (including phenoxy) is 1. The molecule has 0 spiro atoms. The molecular formula is C32H39N9O4. The maximum atomic E-state index is 11.8. The van der Waals surface area contributed by atoms with Gasteiger partial charge >= 0.3 is 5.97 Å². The number of hydrogen-bond acceptors (Lipinski definition) is 9. The molecule has 13 heteroatoms. The van der Waals surface area contributed by atoms with Crippen LogP contribution in [-0.2, 0) is 19.1 Å². The Morgan fingerprint density at radius 3 is 1.64 bits per heavy atom. The predicted molar refractivity (Wildman–Crippen MR) is 171 cm³/mol. The third-order valence-corrected chi connectivity index (χ3v) is 5.92. The van der Waals surface area contributed by atoms with Crippen molar-refractivity contribution in [2.45, 2.75) is 54.1 Å². The number of hydrazine groups is 1. The Balaban J connectivity index is 0.000000257. The van der Waals surface area contributed by atoms with Crippen molar-refractivity contribution in [1.29, 1.82) is 0 Å². The maximum absolute atomic E-state index is 11.8. The summed E-state index contributed by atoms with van der Waals surface area (Å²) < 4.78 is 8.94. The minimum atomic E-state index is -0.575. The van der Waals surface area contributed by atoms with Gasteiger partial charge in [0.25, 0.3) is 5.91 Å². The number of pyridine rings is 2. The highest BCUT2D eigenvalue weighted by molar-refractivity contribution is 5.93. The van der Waals surface area contributed by atoms with Crippen molar-refractivity contribution in [3.63, 3.8) is 0 Å². The second kappa shape index (κ2) is 15.3. The van der Waals surface area contributed by atoms with Gasteiger partial charge in [0.1, 0.15) is 12.1 Å². The Labute approximate surface area is 262 Å².